The fourth-order valence-corrected chi connectivity index (χ4v) is 2.46. The van der Waals surface area contributed by atoms with Gasteiger partial charge in [-0.05, 0) is 43.5 Å². The van der Waals surface area contributed by atoms with Crippen molar-refractivity contribution in [3.8, 4) is 0 Å². The fraction of sp³-hybridized carbons (Fsp3) is 0.467. The standard InChI is InChI=1S/C15H20N2O2/c1-5-12(15(18)19)17-13-8-10(4)9(3)7-11(13)16-14(17)6-2/h7-8,12H,5-6H2,1-4H3,(H,18,19). The number of carbonyl (C=O) groups is 1. The Morgan fingerprint density at radius 2 is 1.95 bits per heavy atom. The Morgan fingerprint density at radius 3 is 2.47 bits per heavy atom. The van der Waals surface area contributed by atoms with Crippen molar-refractivity contribution in [3.63, 3.8) is 0 Å². The van der Waals surface area contributed by atoms with E-state index in [4.69, 9.17) is 0 Å². The first-order chi connectivity index (χ1) is 8.99. The number of benzene rings is 1. The molecule has 0 radical (unpaired) electrons. The molecule has 1 heterocycles. The van der Waals surface area contributed by atoms with Crippen LogP contribution in [0.5, 0.6) is 0 Å². The van der Waals surface area contributed by atoms with E-state index in [-0.39, 0.29) is 0 Å². The Balaban J connectivity index is 2.76. The van der Waals surface area contributed by atoms with Gasteiger partial charge in [0.15, 0.2) is 0 Å². The largest absolute Gasteiger partial charge is 0.480 e. The molecule has 2 aromatic rings. The van der Waals surface area contributed by atoms with Crippen molar-refractivity contribution >= 4 is 17.0 Å². The zero-order valence-electron chi connectivity index (χ0n) is 11.9. The highest BCUT2D eigenvalue weighted by Crippen LogP contribution is 2.26. The molecule has 1 N–H and O–H groups in total. The molecule has 4 heteroatoms. The van der Waals surface area contributed by atoms with E-state index in [2.05, 4.69) is 4.98 Å². The van der Waals surface area contributed by atoms with Gasteiger partial charge in [0.2, 0.25) is 0 Å². The van der Waals surface area contributed by atoms with Crippen LogP contribution in [0.4, 0.5) is 0 Å². The number of aryl methyl sites for hydroxylation is 3. The SMILES string of the molecule is CCc1nc2cc(C)c(C)cc2n1C(CC)C(=O)O. The van der Waals surface area contributed by atoms with Crippen LogP contribution < -0.4 is 0 Å². The number of aromatic nitrogens is 2. The Hall–Kier alpha value is -1.84. The second kappa shape index (κ2) is 5.03. The molecule has 2 rings (SSSR count). The highest BCUT2D eigenvalue weighted by molar-refractivity contribution is 5.81. The van der Waals surface area contributed by atoms with E-state index in [1.165, 1.54) is 5.56 Å². The quantitative estimate of drug-likeness (QED) is 0.918. The first kappa shape index (κ1) is 13.6. The maximum absolute atomic E-state index is 11.4. The van der Waals surface area contributed by atoms with Crippen molar-refractivity contribution < 1.29 is 9.90 Å². The summed E-state index contributed by atoms with van der Waals surface area (Å²) in [6, 6.07) is 3.54. The van der Waals surface area contributed by atoms with E-state index in [9.17, 15) is 9.90 Å². The molecule has 1 atom stereocenters. The smallest absolute Gasteiger partial charge is 0.326 e. The van der Waals surface area contributed by atoms with E-state index in [1.807, 2.05) is 44.4 Å². The van der Waals surface area contributed by atoms with Crippen LogP contribution in [-0.2, 0) is 11.2 Å². The first-order valence-corrected chi connectivity index (χ1v) is 6.70. The van der Waals surface area contributed by atoms with Gasteiger partial charge in [0.25, 0.3) is 0 Å². The molecule has 0 fully saturated rings. The molecule has 19 heavy (non-hydrogen) atoms. The molecule has 0 bridgehead atoms. The first-order valence-electron chi connectivity index (χ1n) is 6.70. The summed E-state index contributed by atoms with van der Waals surface area (Å²) < 4.78 is 1.88. The molecule has 1 aromatic carbocycles. The van der Waals surface area contributed by atoms with Crippen molar-refractivity contribution in [2.75, 3.05) is 0 Å². The Bertz CT molecular complexity index is 629. The Kier molecular flexibility index (Phi) is 3.60. The number of carboxylic acid groups (broad SMARTS) is 1. The van der Waals surface area contributed by atoms with Crippen molar-refractivity contribution in [2.45, 2.75) is 46.6 Å². The number of hydrogen-bond acceptors (Lipinski definition) is 2. The van der Waals surface area contributed by atoms with Crippen LogP contribution in [0.1, 0.15) is 43.3 Å². The molecule has 0 saturated carbocycles. The Morgan fingerprint density at radius 1 is 1.32 bits per heavy atom. The summed E-state index contributed by atoms with van der Waals surface area (Å²) in [5, 5.41) is 9.40. The van der Waals surface area contributed by atoms with Gasteiger partial charge in [0, 0.05) is 6.42 Å². The van der Waals surface area contributed by atoms with Gasteiger partial charge in [-0.1, -0.05) is 13.8 Å². The molecule has 0 spiro atoms. The van der Waals surface area contributed by atoms with Crippen LogP contribution in [0.2, 0.25) is 0 Å². The van der Waals surface area contributed by atoms with Gasteiger partial charge in [0.1, 0.15) is 11.9 Å². The van der Waals surface area contributed by atoms with Crippen molar-refractivity contribution in [3.05, 3.63) is 29.1 Å². The Labute approximate surface area is 113 Å². The highest BCUT2D eigenvalue weighted by atomic mass is 16.4. The number of hydrogen-bond donors (Lipinski definition) is 1. The number of nitrogens with zero attached hydrogens (tertiary/aromatic N) is 2. The van der Waals surface area contributed by atoms with Gasteiger partial charge in [0.05, 0.1) is 11.0 Å². The lowest BCUT2D eigenvalue weighted by molar-refractivity contribution is -0.140. The maximum Gasteiger partial charge on any atom is 0.326 e. The van der Waals surface area contributed by atoms with Crippen molar-refractivity contribution in [1.29, 1.82) is 0 Å². The number of rotatable bonds is 4. The maximum atomic E-state index is 11.4. The summed E-state index contributed by atoms with van der Waals surface area (Å²) in [6.45, 7) is 7.99. The minimum atomic E-state index is -0.797. The molecule has 1 unspecified atom stereocenters. The average Bonchev–Trinajstić information content (AvgIpc) is 2.69. The lowest BCUT2D eigenvalue weighted by Gasteiger charge is -2.16. The predicted octanol–water partition coefficient (Wildman–Crippen LogP) is 3.25. The second-order valence-corrected chi connectivity index (χ2v) is 4.94. The van der Waals surface area contributed by atoms with Crippen LogP contribution in [0, 0.1) is 13.8 Å². The minimum Gasteiger partial charge on any atom is -0.480 e. The third-order valence-corrected chi connectivity index (χ3v) is 3.68. The van der Waals surface area contributed by atoms with Crippen molar-refractivity contribution in [2.24, 2.45) is 0 Å². The van der Waals surface area contributed by atoms with Crippen LogP contribution >= 0.6 is 0 Å². The van der Waals surface area contributed by atoms with Crippen molar-refractivity contribution in [1.82, 2.24) is 9.55 Å². The average molecular weight is 260 g/mol. The van der Waals surface area contributed by atoms with Crippen LogP contribution in [-0.4, -0.2) is 20.6 Å². The molecule has 4 nitrogen and oxygen atoms in total. The summed E-state index contributed by atoms with van der Waals surface area (Å²) >= 11 is 0. The predicted molar refractivity (Wildman–Crippen MR) is 75.5 cm³/mol. The molecule has 0 amide bonds. The monoisotopic (exact) mass is 260 g/mol. The van der Waals surface area contributed by atoms with Crippen LogP contribution in [0.15, 0.2) is 12.1 Å². The summed E-state index contributed by atoms with van der Waals surface area (Å²) in [4.78, 5) is 16.0. The molecular formula is C15H20N2O2. The third-order valence-electron chi connectivity index (χ3n) is 3.68. The zero-order valence-corrected chi connectivity index (χ0v) is 11.9. The molecular weight excluding hydrogens is 240 g/mol. The topological polar surface area (TPSA) is 55.1 Å². The lowest BCUT2D eigenvalue weighted by Crippen LogP contribution is -2.20. The van der Waals surface area contributed by atoms with Gasteiger partial charge >= 0.3 is 5.97 Å². The molecule has 0 aliphatic rings. The fourth-order valence-electron chi connectivity index (χ4n) is 2.46. The van der Waals surface area contributed by atoms with E-state index in [0.29, 0.717) is 6.42 Å². The normalized spacial score (nSPS) is 12.8. The van der Waals surface area contributed by atoms with Gasteiger partial charge in [-0.3, -0.25) is 0 Å². The van der Waals surface area contributed by atoms with E-state index in [0.717, 1.165) is 28.8 Å². The van der Waals surface area contributed by atoms with Gasteiger partial charge in [-0.25, -0.2) is 9.78 Å². The minimum absolute atomic E-state index is 0.540. The molecule has 1 aromatic heterocycles. The molecule has 0 saturated heterocycles. The number of imidazole rings is 1. The van der Waals surface area contributed by atoms with Crippen LogP contribution in [0.25, 0.3) is 11.0 Å². The van der Waals surface area contributed by atoms with Gasteiger partial charge in [-0.15, -0.1) is 0 Å². The van der Waals surface area contributed by atoms with Crippen LogP contribution in [0.3, 0.4) is 0 Å². The van der Waals surface area contributed by atoms with Gasteiger partial charge < -0.3 is 9.67 Å². The van der Waals surface area contributed by atoms with Gasteiger partial charge in [-0.2, -0.15) is 0 Å². The summed E-state index contributed by atoms with van der Waals surface area (Å²) in [5.74, 6) is 0.0454. The number of fused-ring (bicyclic) bond motifs is 1. The molecule has 0 aliphatic carbocycles. The lowest BCUT2D eigenvalue weighted by atomic mass is 10.1. The number of aliphatic carboxylic acids is 1. The second-order valence-electron chi connectivity index (χ2n) is 4.94. The third kappa shape index (κ3) is 2.23. The highest BCUT2D eigenvalue weighted by Gasteiger charge is 2.23. The van der Waals surface area contributed by atoms with E-state index < -0.39 is 12.0 Å². The van der Waals surface area contributed by atoms with E-state index >= 15 is 0 Å². The zero-order chi connectivity index (χ0) is 14.2. The summed E-state index contributed by atoms with van der Waals surface area (Å²) in [5.41, 5.74) is 4.16. The van der Waals surface area contributed by atoms with E-state index in [1.54, 1.807) is 0 Å². The number of carboxylic acids is 1. The molecule has 102 valence electrons. The summed E-state index contributed by atoms with van der Waals surface area (Å²) in [6.07, 6.45) is 1.29. The summed E-state index contributed by atoms with van der Waals surface area (Å²) in [7, 11) is 0. The molecule has 0 aliphatic heterocycles.